The van der Waals surface area contributed by atoms with Crippen LogP contribution in [0.1, 0.15) is 64.3 Å². The number of nitrogens with two attached hydrogens (primary N) is 1. The lowest BCUT2D eigenvalue weighted by molar-refractivity contribution is -0.144. The van der Waals surface area contributed by atoms with E-state index in [2.05, 4.69) is 15.6 Å². The summed E-state index contributed by atoms with van der Waals surface area (Å²) in [5.41, 5.74) is 9.71. The van der Waals surface area contributed by atoms with Gasteiger partial charge in [0.1, 0.15) is 12.1 Å². The van der Waals surface area contributed by atoms with E-state index in [0.29, 0.717) is 13.0 Å². The first-order valence-electron chi connectivity index (χ1n) is 12.7. The number of hydrogen-bond donors (Lipinski definition) is 4. The number of rotatable bonds is 9. The molecule has 0 saturated carbocycles. The Labute approximate surface area is 235 Å². The van der Waals surface area contributed by atoms with Crippen molar-refractivity contribution >= 4 is 41.5 Å². The molecule has 5 N–H and O–H groups in total. The Balaban J connectivity index is 0.00000507. The molecule has 1 saturated heterocycles. The number of nitrogens with zero attached hydrogens (tertiary/aromatic N) is 2. The quantitative estimate of drug-likeness (QED) is 0.369. The van der Waals surface area contributed by atoms with Crippen LogP contribution < -0.4 is 16.4 Å². The Kier molecular flexibility index (Phi) is 11.3. The number of likely N-dealkylation sites (tertiary alicyclic amines) is 1. The number of thiazole rings is 1. The minimum atomic E-state index is -0.835. The van der Waals surface area contributed by atoms with Crippen molar-refractivity contribution in [2.24, 2.45) is 11.1 Å². The molecule has 0 bridgehead atoms. The van der Waals surface area contributed by atoms with Gasteiger partial charge in [0.2, 0.25) is 17.7 Å². The molecule has 0 aliphatic carbocycles. The lowest BCUT2D eigenvalue weighted by atomic mass is 9.85. The highest BCUT2D eigenvalue weighted by atomic mass is 35.5. The molecule has 1 aliphatic heterocycles. The summed E-state index contributed by atoms with van der Waals surface area (Å²) in [6.07, 6.45) is 0.0752. The number of aliphatic hydroxyl groups is 1. The number of aliphatic hydroxyl groups excluding tert-OH is 1. The highest BCUT2D eigenvalue weighted by molar-refractivity contribution is 7.13. The van der Waals surface area contributed by atoms with Gasteiger partial charge in [-0.25, -0.2) is 4.98 Å². The maximum Gasteiger partial charge on any atom is 0.246 e. The largest absolute Gasteiger partial charge is 0.391 e. The van der Waals surface area contributed by atoms with E-state index in [-0.39, 0.29) is 55.6 Å². The summed E-state index contributed by atoms with van der Waals surface area (Å²) < 4.78 is 0. The molecule has 210 valence electrons. The number of aryl methyl sites for hydroxylation is 1. The van der Waals surface area contributed by atoms with E-state index >= 15 is 0 Å². The van der Waals surface area contributed by atoms with Gasteiger partial charge in [0.25, 0.3) is 0 Å². The van der Waals surface area contributed by atoms with Crippen LogP contribution in [0.15, 0.2) is 29.8 Å². The molecule has 0 spiro atoms. The first-order chi connectivity index (χ1) is 17.4. The first kappa shape index (κ1) is 31.7. The first-order valence-corrected chi connectivity index (χ1v) is 13.6. The Morgan fingerprint density at radius 2 is 1.87 bits per heavy atom. The molecule has 38 heavy (non-hydrogen) atoms. The van der Waals surface area contributed by atoms with Gasteiger partial charge >= 0.3 is 0 Å². The number of amides is 3. The van der Waals surface area contributed by atoms with Crippen molar-refractivity contribution < 1.29 is 19.5 Å². The molecule has 1 fully saturated rings. The standard InChI is InChI=1S/C27H39N5O4S.ClH/c1-16(18-8-10-19(11-9-18)23-17(2)29-15-37-23)30-25(35)21-13-20(33)14-32(21)26(36)24(27(3,4)5)31-22(34)7-6-12-28;/h8-11,15-16,20-21,24,33H,6-7,12-14,28H2,1-5H3,(H,30,35)(H,31,34);1H/t16?,20-,21+,24?;/m1./s1. The van der Waals surface area contributed by atoms with Gasteiger partial charge in [0, 0.05) is 19.4 Å². The molecule has 2 unspecified atom stereocenters. The van der Waals surface area contributed by atoms with Gasteiger partial charge in [-0.2, -0.15) is 0 Å². The third-order valence-electron chi connectivity index (χ3n) is 6.67. The SMILES string of the molecule is Cc1ncsc1-c1ccc(C(C)NC(=O)[C@@H]2C[C@@H](O)CN2C(=O)C(NC(=O)CCCN)C(C)(C)C)cc1.Cl. The molecular formula is C27H40ClN5O4S. The van der Waals surface area contributed by atoms with Crippen LogP contribution >= 0.6 is 23.7 Å². The topological polar surface area (TPSA) is 138 Å². The van der Waals surface area contributed by atoms with Crippen LogP contribution in [0.25, 0.3) is 10.4 Å². The van der Waals surface area contributed by atoms with E-state index in [1.54, 1.807) is 11.3 Å². The van der Waals surface area contributed by atoms with E-state index in [1.807, 2.05) is 64.4 Å². The fraction of sp³-hybridized carbons (Fsp3) is 0.556. The monoisotopic (exact) mass is 565 g/mol. The number of carbonyl (C=O) groups is 3. The number of β-amino-alcohol motifs (C(OH)–C–C–N with tert-alkyl or cyclic N) is 1. The number of aromatic nitrogens is 1. The van der Waals surface area contributed by atoms with Crippen LogP contribution in [0.2, 0.25) is 0 Å². The number of carbonyl (C=O) groups excluding carboxylic acids is 3. The van der Waals surface area contributed by atoms with Gasteiger partial charge in [0.05, 0.1) is 28.2 Å². The van der Waals surface area contributed by atoms with E-state index in [4.69, 9.17) is 5.73 Å². The Hall–Kier alpha value is -2.53. The summed E-state index contributed by atoms with van der Waals surface area (Å²) in [5.74, 6) is -0.964. The summed E-state index contributed by atoms with van der Waals surface area (Å²) in [6, 6.07) is 6.00. The highest BCUT2D eigenvalue weighted by Gasteiger charge is 2.44. The molecule has 11 heteroatoms. The lowest BCUT2D eigenvalue weighted by Crippen LogP contribution is -2.57. The zero-order valence-electron chi connectivity index (χ0n) is 22.7. The van der Waals surface area contributed by atoms with Crippen LogP contribution in [-0.2, 0) is 14.4 Å². The molecular weight excluding hydrogens is 526 g/mol. The van der Waals surface area contributed by atoms with E-state index < -0.39 is 23.6 Å². The highest BCUT2D eigenvalue weighted by Crippen LogP contribution is 2.29. The third-order valence-corrected chi connectivity index (χ3v) is 7.65. The van der Waals surface area contributed by atoms with Crippen LogP contribution in [0.5, 0.6) is 0 Å². The molecule has 2 aromatic rings. The van der Waals surface area contributed by atoms with E-state index in [9.17, 15) is 19.5 Å². The van der Waals surface area contributed by atoms with Gasteiger partial charge in [-0.3, -0.25) is 14.4 Å². The second kappa shape index (κ2) is 13.5. The Morgan fingerprint density at radius 3 is 2.42 bits per heavy atom. The van der Waals surface area contributed by atoms with Crippen molar-refractivity contribution in [2.45, 2.75) is 78.1 Å². The average molecular weight is 566 g/mol. The number of nitrogens with one attached hydrogen (secondary N) is 2. The van der Waals surface area contributed by atoms with Crippen LogP contribution in [-0.4, -0.2) is 64.0 Å². The van der Waals surface area contributed by atoms with Crippen molar-refractivity contribution in [3.8, 4) is 10.4 Å². The molecule has 3 rings (SSSR count). The minimum Gasteiger partial charge on any atom is -0.391 e. The van der Waals surface area contributed by atoms with Gasteiger partial charge in [-0.1, -0.05) is 45.0 Å². The zero-order valence-corrected chi connectivity index (χ0v) is 24.3. The van der Waals surface area contributed by atoms with Crippen molar-refractivity contribution in [3.63, 3.8) is 0 Å². The third kappa shape index (κ3) is 7.75. The summed E-state index contributed by atoms with van der Waals surface area (Å²) in [5, 5.41) is 16.2. The second-order valence-corrected chi connectivity index (χ2v) is 11.6. The smallest absolute Gasteiger partial charge is 0.246 e. The molecule has 2 heterocycles. The van der Waals surface area contributed by atoms with Gasteiger partial charge < -0.3 is 26.4 Å². The number of halogens is 1. The average Bonchev–Trinajstić information content (AvgIpc) is 3.45. The van der Waals surface area contributed by atoms with Gasteiger partial charge in [-0.15, -0.1) is 23.7 Å². The molecule has 0 radical (unpaired) electrons. The lowest BCUT2D eigenvalue weighted by Gasteiger charge is -2.35. The van der Waals surface area contributed by atoms with Crippen LogP contribution in [0.3, 0.4) is 0 Å². The predicted molar refractivity (Wildman–Crippen MR) is 152 cm³/mol. The van der Waals surface area contributed by atoms with Gasteiger partial charge in [0.15, 0.2) is 0 Å². The molecule has 1 aromatic carbocycles. The van der Waals surface area contributed by atoms with Gasteiger partial charge in [-0.05, 0) is 43.4 Å². The Bertz CT molecular complexity index is 1100. The second-order valence-electron chi connectivity index (χ2n) is 10.8. The van der Waals surface area contributed by atoms with Crippen molar-refractivity contribution in [3.05, 3.63) is 41.0 Å². The fourth-order valence-corrected chi connectivity index (χ4v) is 5.32. The number of hydrogen-bond acceptors (Lipinski definition) is 7. The van der Waals surface area contributed by atoms with Crippen LogP contribution in [0.4, 0.5) is 0 Å². The molecule has 3 amide bonds. The zero-order chi connectivity index (χ0) is 27.3. The van der Waals surface area contributed by atoms with Crippen molar-refractivity contribution in [1.82, 2.24) is 20.5 Å². The molecule has 9 nitrogen and oxygen atoms in total. The molecule has 4 atom stereocenters. The Morgan fingerprint density at radius 1 is 1.21 bits per heavy atom. The summed E-state index contributed by atoms with van der Waals surface area (Å²) in [4.78, 5) is 46.1. The fourth-order valence-electron chi connectivity index (χ4n) is 4.51. The summed E-state index contributed by atoms with van der Waals surface area (Å²) in [6.45, 7) is 9.87. The van der Waals surface area contributed by atoms with Crippen molar-refractivity contribution in [1.29, 1.82) is 0 Å². The summed E-state index contributed by atoms with van der Waals surface area (Å²) >= 11 is 1.58. The van der Waals surface area contributed by atoms with Crippen molar-refractivity contribution in [2.75, 3.05) is 13.1 Å². The normalized spacial score (nSPS) is 18.9. The van der Waals surface area contributed by atoms with E-state index in [1.165, 1.54) is 4.90 Å². The maximum atomic E-state index is 13.6. The maximum absolute atomic E-state index is 13.6. The minimum absolute atomic E-state index is 0. The molecule has 1 aliphatic rings. The summed E-state index contributed by atoms with van der Waals surface area (Å²) in [7, 11) is 0. The predicted octanol–water partition coefficient (Wildman–Crippen LogP) is 2.95. The van der Waals surface area contributed by atoms with Crippen LogP contribution in [0, 0.1) is 12.3 Å². The van der Waals surface area contributed by atoms with E-state index in [0.717, 1.165) is 21.7 Å². The molecule has 1 aromatic heterocycles. The number of benzene rings is 1.